The maximum atomic E-state index is 14.6. The molecule has 12 heteroatoms. The van der Waals surface area contributed by atoms with Crippen LogP contribution in [0.1, 0.15) is 6.42 Å². The molecule has 0 saturated carbocycles. The molecule has 3 heterocycles. The molecule has 1 atom stereocenters. The van der Waals surface area contributed by atoms with Crippen LogP contribution in [0, 0.1) is 5.82 Å². The Morgan fingerprint density at radius 2 is 2.16 bits per heavy atom. The number of carboxylic acid groups (broad SMARTS) is 1. The monoisotopic (exact) mass is 451 g/mol. The highest BCUT2D eigenvalue weighted by atomic mass is 28.3. The van der Waals surface area contributed by atoms with Crippen LogP contribution in [0.2, 0.25) is 25.7 Å². The zero-order chi connectivity index (χ0) is 22.8. The molecule has 170 valence electrons. The van der Waals surface area contributed by atoms with Gasteiger partial charge in [-0.25, -0.2) is 18.9 Å². The molecule has 1 aliphatic heterocycles. The molecular formula is C19H30FN7O3Si. The quantitative estimate of drug-likeness (QED) is 0.464. The highest BCUT2D eigenvalue weighted by Crippen LogP contribution is 2.28. The molecule has 1 aliphatic rings. The van der Waals surface area contributed by atoms with Crippen LogP contribution in [0.25, 0.3) is 11.4 Å². The minimum atomic E-state index is -1.23. The number of amides is 1. The molecule has 10 nitrogen and oxygen atoms in total. The van der Waals surface area contributed by atoms with E-state index < -0.39 is 20.0 Å². The van der Waals surface area contributed by atoms with Gasteiger partial charge in [0.1, 0.15) is 18.2 Å². The number of nitrogens with zero attached hydrogens (tertiary/aromatic N) is 6. The SMILES string of the molecule is CN(C(=O)O)[C@@H]1CCN(c2cc(-c3c(F)cnn3COCC[Si](C)(C)C)nc(N)n2)C1. The normalized spacial score (nSPS) is 16.7. The number of nitrogen functional groups attached to an aromatic ring is 1. The predicted octanol–water partition coefficient (Wildman–Crippen LogP) is 2.56. The Bertz CT molecular complexity index is 934. The second kappa shape index (κ2) is 9.18. The summed E-state index contributed by atoms with van der Waals surface area (Å²) in [5, 5.41) is 13.3. The molecule has 1 fully saturated rings. The van der Waals surface area contributed by atoms with Gasteiger partial charge < -0.3 is 25.4 Å². The standard InChI is InChI=1S/C19H30FN7O3Si/c1-25(19(28)29)13-5-6-26(11-13)16-9-15(23-18(21)24-16)17-14(20)10-22-27(17)12-30-7-8-31(2,3)4/h9-10,13H,5-8,11-12H2,1-4H3,(H,28,29)(H2,21,23,24)/t13-/m1/s1. The lowest BCUT2D eigenvalue weighted by molar-refractivity contribution is 0.0796. The number of anilines is 2. The first kappa shape index (κ1) is 22.9. The molecule has 1 amide bonds. The molecule has 0 spiro atoms. The van der Waals surface area contributed by atoms with E-state index in [1.165, 1.54) is 9.58 Å². The molecule has 0 unspecified atom stereocenters. The summed E-state index contributed by atoms with van der Waals surface area (Å²) in [5.74, 6) is 0.00712. The molecule has 0 aromatic carbocycles. The van der Waals surface area contributed by atoms with E-state index in [4.69, 9.17) is 10.5 Å². The molecule has 1 saturated heterocycles. The second-order valence-electron chi connectivity index (χ2n) is 8.94. The van der Waals surface area contributed by atoms with E-state index in [0.717, 1.165) is 12.2 Å². The number of likely N-dealkylation sites (N-methyl/N-ethyl adjacent to an activating group) is 1. The number of nitrogens with two attached hydrogens (primary N) is 1. The van der Waals surface area contributed by atoms with Gasteiger partial charge in [0.05, 0.1) is 17.9 Å². The molecule has 2 aromatic rings. The summed E-state index contributed by atoms with van der Waals surface area (Å²) in [6.07, 6.45) is 0.817. The fourth-order valence-electron chi connectivity index (χ4n) is 3.40. The van der Waals surface area contributed by atoms with Crippen molar-refractivity contribution in [3.63, 3.8) is 0 Å². The van der Waals surface area contributed by atoms with Crippen molar-refractivity contribution in [3.05, 3.63) is 18.1 Å². The second-order valence-corrected chi connectivity index (χ2v) is 14.6. The smallest absolute Gasteiger partial charge is 0.407 e. The molecular weight excluding hydrogens is 421 g/mol. The summed E-state index contributed by atoms with van der Waals surface area (Å²) < 4.78 is 21.7. The number of halogens is 1. The van der Waals surface area contributed by atoms with E-state index in [9.17, 15) is 14.3 Å². The minimum absolute atomic E-state index is 0.00865. The average molecular weight is 452 g/mol. The Balaban J connectivity index is 1.78. The number of hydrogen-bond acceptors (Lipinski definition) is 7. The summed E-state index contributed by atoms with van der Waals surface area (Å²) in [5.41, 5.74) is 6.40. The number of ether oxygens (including phenoxy) is 1. The van der Waals surface area contributed by atoms with E-state index >= 15 is 0 Å². The van der Waals surface area contributed by atoms with Crippen LogP contribution < -0.4 is 10.6 Å². The number of carbonyl (C=O) groups is 1. The lowest BCUT2D eigenvalue weighted by atomic mass is 10.2. The first-order valence-electron chi connectivity index (χ1n) is 10.2. The molecule has 0 radical (unpaired) electrons. The maximum absolute atomic E-state index is 14.6. The molecule has 2 aromatic heterocycles. The zero-order valence-corrected chi connectivity index (χ0v) is 19.4. The van der Waals surface area contributed by atoms with E-state index in [0.29, 0.717) is 37.6 Å². The summed E-state index contributed by atoms with van der Waals surface area (Å²) >= 11 is 0. The van der Waals surface area contributed by atoms with Gasteiger partial charge in [-0.2, -0.15) is 10.1 Å². The molecule has 0 bridgehead atoms. The van der Waals surface area contributed by atoms with Gasteiger partial charge in [0.2, 0.25) is 5.95 Å². The Morgan fingerprint density at radius 3 is 2.84 bits per heavy atom. The van der Waals surface area contributed by atoms with E-state index in [-0.39, 0.29) is 24.4 Å². The van der Waals surface area contributed by atoms with Crippen LogP contribution in [0.15, 0.2) is 12.3 Å². The topological polar surface area (TPSA) is 123 Å². The fraction of sp³-hybridized carbons (Fsp3) is 0.579. The van der Waals surface area contributed by atoms with Gasteiger partial charge in [-0.1, -0.05) is 19.6 Å². The van der Waals surface area contributed by atoms with Crippen LogP contribution in [0.3, 0.4) is 0 Å². The Labute approximate surface area is 181 Å². The Morgan fingerprint density at radius 1 is 1.42 bits per heavy atom. The third-order valence-corrected chi connectivity index (χ3v) is 7.02. The van der Waals surface area contributed by atoms with E-state index in [1.54, 1.807) is 13.1 Å². The van der Waals surface area contributed by atoms with Crippen LogP contribution >= 0.6 is 0 Å². The van der Waals surface area contributed by atoms with Gasteiger partial charge in [0, 0.05) is 40.9 Å². The molecule has 0 aliphatic carbocycles. The van der Waals surface area contributed by atoms with Crippen molar-refractivity contribution in [1.82, 2.24) is 24.6 Å². The third-order valence-electron chi connectivity index (χ3n) is 5.31. The number of hydrogen-bond donors (Lipinski definition) is 2. The van der Waals surface area contributed by atoms with Gasteiger partial charge >= 0.3 is 6.09 Å². The highest BCUT2D eigenvalue weighted by molar-refractivity contribution is 6.76. The molecule has 3 N–H and O–H groups in total. The van der Waals surface area contributed by atoms with Crippen molar-refractivity contribution in [2.75, 3.05) is 37.4 Å². The number of rotatable bonds is 8. The van der Waals surface area contributed by atoms with Crippen molar-refractivity contribution in [2.45, 2.75) is 44.9 Å². The van der Waals surface area contributed by atoms with E-state index in [1.807, 2.05) is 4.90 Å². The van der Waals surface area contributed by atoms with E-state index in [2.05, 4.69) is 34.7 Å². The first-order chi connectivity index (χ1) is 14.5. The van der Waals surface area contributed by atoms with Crippen LogP contribution in [-0.2, 0) is 11.5 Å². The van der Waals surface area contributed by atoms with Gasteiger partial charge in [-0.05, 0) is 12.5 Å². The highest BCUT2D eigenvalue weighted by Gasteiger charge is 2.30. The molecule has 3 rings (SSSR count). The Hall–Kier alpha value is -2.73. The van der Waals surface area contributed by atoms with Crippen LogP contribution in [0.5, 0.6) is 0 Å². The summed E-state index contributed by atoms with van der Waals surface area (Å²) in [4.78, 5) is 22.9. The van der Waals surface area contributed by atoms with Crippen LogP contribution in [-0.4, -0.2) is 76.7 Å². The summed E-state index contributed by atoms with van der Waals surface area (Å²) in [7, 11) is 0.318. The fourth-order valence-corrected chi connectivity index (χ4v) is 4.16. The number of aromatic nitrogens is 4. The largest absolute Gasteiger partial charge is 0.465 e. The van der Waals surface area contributed by atoms with Gasteiger partial charge in [-0.15, -0.1) is 0 Å². The summed E-state index contributed by atoms with van der Waals surface area (Å²) in [6, 6.07) is 2.50. The van der Waals surface area contributed by atoms with Crippen LogP contribution in [0.4, 0.5) is 21.0 Å². The maximum Gasteiger partial charge on any atom is 0.407 e. The lowest BCUT2D eigenvalue weighted by Gasteiger charge is -2.22. The van der Waals surface area contributed by atoms with Gasteiger partial charge in [-0.3, -0.25) is 0 Å². The van der Waals surface area contributed by atoms with Crippen molar-refractivity contribution in [1.29, 1.82) is 0 Å². The van der Waals surface area contributed by atoms with Crippen molar-refractivity contribution < 1.29 is 19.0 Å². The van der Waals surface area contributed by atoms with Gasteiger partial charge in [0.25, 0.3) is 0 Å². The summed E-state index contributed by atoms with van der Waals surface area (Å²) in [6.45, 7) is 8.56. The third kappa shape index (κ3) is 5.70. The van der Waals surface area contributed by atoms with Crippen molar-refractivity contribution >= 4 is 25.9 Å². The molecule has 31 heavy (non-hydrogen) atoms. The predicted molar refractivity (Wildman–Crippen MR) is 118 cm³/mol. The van der Waals surface area contributed by atoms with Crippen molar-refractivity contribution in [3.8, 4) is 11.4 Å². The Kier molecular flexibility index (Phi) is 6.79. The van der Waals surface area contributed by atoms with Gasteiger partial charge in [0.15, 0.2) is 5.82 Å². The lowest BCUT2D eigenvalue weighted by Crippen LogP contribution is -2.38. The minimum Gasteiger partial charge on any atom is -0.465 e. The zero-order valence-electron chi connectivity index (χ0n) is 18.4. The average Bonchev–Trinajstić information content (AvgIpc) is 3.30. The first-order valence-corrected chi connectivity index (χ1v) is 13.9. The van der Waals surface area contributed by atoms with Crippen molar-refractivity contribution in [2.24, 2.45) is 0 Å².